The molecule has 1 radical (unpaired) electrons. The van der Waals surface area contributed by atoms with Crippen LogP contribution in [0.1, 0.15) is 130 Å². The topological polar surface area (TPSA) is 86.6 Å². The highest BCUT2D eigenvalue weighted by Crippen LogP contribution is 2.67. The number of fused-ring (bicyclic) bond motifs is 5. The lowest BCUT2D eigenvalue weighted by Crippen LogP contribution is -2.51. The maximum Gasteiger partial charge on any atom is 0.242 e. The Morgan fingerprint density at radius 1 is 0.980 bits per heavy atom. The van der Waals surface area contributed by atoms with Crippen LogP contribution in [0.2, 0.25) is 0 Å². The Balaban J connectivity index is 1.00. The molecule has 1 N–H and O–H groups in total. The van der Waals surface area contributed by atoms with Crippen LogP contribution < -0.4 is 10.6 Å². The molecule has 1 aromatic rings. The standard InChI is InChI=1S/C43H65N2O4/c1-30(2)11-9-12-31(3)37-17-18-38-36-16-15-33-28-35(21-23-42(33,4)39(36)22-24-43(37,38)5)49-26-10-25-44-40(47)19-20-41(48)45-34(29-46)27-32-13-7-6-8-14-32/h6-8,13-15,29-31,34-39H,9-12,16-28H2,1-5H3,(H,44,47)/t31-,34+,35+,36?,37-,38?,39?,42+,43-/m1/s1. The molecule has 1 aromatic carbocycles. The number of ether oxygens (including phenoxy) is 1. The Bertz CT molecular complexity index is 1280. The summed E-state index contributed by atoms with van der Waals surface area (Å²) in [7, 11) is 0. The third-order valence-corrected chi connectivity index (χ3v) is 13.6. The summed E-state index contributed by atoms with van der Waals surface area (Å²) in [6.07, 6.45) is 19.4. The molecule has 9 atom stereocenters. The van der Waals surface area contributed by atoms with Gasteiger partial charge < -0.3 is 14.8 Å². The van der Waals surface area contributed by atoms with Crippen LogP contribution in [-0.2, 0) is 25.5 Å². The van der Waals surface area contributed by atoms with E-state index in [4.69, 9.17) is 4.74 Å². The molecule has 6 heteroatoms. The first-order valence-electron chi connectivity index (χ1n) is 19.8. The van der Waals surface area contributed by atoms with Crippen LogP contribution in [0.15, 0.2) is 42.0 Å². The van der Waals surface area contributed by atoms with Crippen molar-refractivity contribution in [3.63, 3.8) is 0 Å². The molecule has 0 aromatic heterocycles. The van der Waals surface area contributed by atoms with Crippen LogP contribution in [0.5, 0.6) is 0 Å². The molecule has 4 aliphatic rings. The van der Waals surface area contributed by atoms with E-state index in [1.807, 2.05) is 30.3 Å². The monoisotopic (exact) mass is 673 g/mol. The second-order valence-electron chi connectivity index (χ2n) is 17.1. The van der Waals surface area contributed by atoms with Crippen LogP contribution in [-0.4, -0.2) is 43.4 Å². The van der Waals surface area contributed by atoms with Gasteiger partial charge in [-0.15, -0.1) is 0 Å². The van der Waals surface area contributed by atoms with E-state index in [-0.39, 0.29) is 24.9 Å². The second-order valence-corrected chi connectivity index (χ2v) is 17.1. The van der Waals surface area contributed by atoms with Gasteiger partial charge >= 0.3 is 0 Å². The highest BCUT2D eigenvalue weighted by molar-refractivity contribution is 5.85. The van der Waals surface area contributed by atoms with Gasteiger partial charge in [0, 0.05) is 32.4 Å². The number of carbonyl (C=O) groups is 3. The van der Waals surface area contributed by atoms with E-state index in [1.165, 1.54) is 57.8 Å². The summed E-state index contributed by atoms with van der Waals surface area (Å²) in [5, 5.41) is 6.92. The van der Waals surface area contributed by atoms with Crippen molar-refractivity contribution in [2.45, 2.75) is 143 Å². The minimum absolute atomic E-state index is 0.0113. The van der Waals surface area contributed by atoms with Crippen LogP contribution in [0.25, 0.3) is 0 Å². The second kappa shape index (κ2) is 17.2. The van der Waals surface area contributed by atoms with Gasteiger partial charge in [0.1, 0.15) is 12.3 Å². The van der Waals surface area contributed by atoms with Crippen LogP contribution in [0, 0.1) is 46.3 Å². The quantitative estimate of drug-likeness (QED) is 0.102. The molecule has 0 spiro atoms. The number of rotatable bonds is 17. The molecule has 4 aliphatic carbocycles. The largest absolute Gasteiger partial charge is 0.378 e. The highest BCUT2D eigenvalue weighted by atomic mass is 16.5. The number of nitrogens with zero attached hydrogens (tertiary/aromatic N) is 1. The van der Waals surface area contributed by atoms with E-state index in [0.717, 1.165) is 60.3 Å². The molecule has 0 aliphatic heterocycles. The van der Waals surface area contributed by atoms with Gasteiger partial charge in [-0.1, -0.05) is 95.9 Å². The first-order chi connectivity index (χ1) is 23.5. The molecule has 271 valence electrons. The van der Waals surface area contributed by atoms with Gasteiger partial charge in [-0.05, 0) is 110 Å². The number of benzene rings is 1. The van der Waals surface area contributed by atoms with Crippen molar-refractivity contribution >= 4 is 18.1 Å². The Kier molecular flexibility index (Phi) is 13.2. The van der Waals surface area contributed by atoms with Gasteiger partial charge in [0.2, 0.25) is 11.8 Å². The number of aldehydes is 1. The van der Waals surface area contributed by atoms with Gasteiger partial charge in [0.05, 0.1) is 6.10 Å². The molecule has 6 nitrogen and oxygen atoms in total. The summed E-state index contributed by atoms with van der Waals surface area (Å²) in [5.41, 5.74) is 3.47. The summed E-state index contributed by atoms with van der Waals surface area (Å²) in [5.74, 6) is 4.58. The Morgan fingerprint density at radius 2 is 1.78 bits per heavy atom. The number of nitrogens with one attached hydrogen (secondary N) is 1. The van der Waals surface area contributed by atoms with Crippen molar-refractivity contribution in [3.8, 4) is 0 Å². The number of amides is 2. The van der Waals surface area contributed by atoms with Crippen molar-refractivity contribution < 1.29 is 19.1 Å². The lowest BCUT2D eigenvalue weighted by Gasteiger charge is -2.58. The fourth-order valence-electron chi connectivity index (χ4n) is 10.9. The van der Waals surface area contributed by atoms with Crippen LogP contribution in [0.3, 0.4) is 0 Å². The molecule has 3 fully saturated rings. The molecule has 0 saturated heterocycles. The zero-order chi connectivity index (χ0) is 35.0. The van der Waals surface area contributed by atoms with E-state index >= 15 is 0 Å². The third-order valence-electron chi connectivity index (χ3n) is 13.6. The van der Waals surface area contributed by atoms with Gasteiger partial charge in [-0.2, -0.15) is 0 Å². The number of hydrogen-bond donors (Lipinski definition) is 1. The smallest absolute Gasteiger partial charge is 0.242 e. The predicted molar refractivity (Wildman–Crippen MR) is 197 cm³/mol. The first kappa shape index (κ1) is 37.8. The molecule has 5 rings (SSSR count). The van der Waals surface area contributed by atoms with Gasteiger partial charge in [-0.3, -0.25) is 9.59 Å². The molecule has 0 bridgehead atoms. The predicted octanol–water partition coefficient (Wildman–Crippen LogP) is 8.64. The number of hydrogen-bond acceptors (Lipinski definition) is 4. The molecule has 49 heavy (non-hydrogen) atoms. The van der Waals surface area contributed by atoms with E-state index in [0.29, 0.717) is 36.7 Å². The van der Waals surface area contributed by atoms with Crippen LogP contribution >= 0.6 is 0 Å². The molecule has 0 heterocycles. The number of allylic oxidation sites excluding steroid dienone is 1. The number of carbonyl (C=O) groups excluding carboxylic acids is 3. The van der Waals surface area contributed by atoms with E-state index < -0.39 is 11.9 Å². The zero-order valence-electron chi connectivity index (χ0n) is 31.3. The van der Waals surface area contributed by atoms with Crippen molar-refractivity contribution in [1.82, 2.24) is 10.6 Å². The lowest BCUT2D eigenvalue weighted by atomic mass is 9.47. The molecule has 3 saturated carbocycles. The van der Waals surface area contributed by atoms with Crippen molar-refractivity contribution in [2.24, 2.45) is 46.3 Å². The van der Waals surface area contributed by atoms with Crippen molar-refractivity contribution in [3.05, 3.63) is 47.5 Å². The minimum Gasteiger partial charge on any atom is -0.378 e. The van der Waals surface area contributed by atoms with Crippen molar-refractivity contribution in [1.29, 1.82) is 0 Å². The van der Waals surface area contributed by atoms with Gasteiger partial charge in [0.25, 0.3) is 0 Å². The van der Waals surface area contributed by atoms with E-state index in [9.17, 15) is 14.4 Å². The molecular weight excluding hydrogens is 608 g/mol. The third kappa shape index (κ3) is 9.26. The van der Waals surface area contributed by atoms with Gasteiger partial charge in [-0.25, -0.2) is 5.32 Å². The van der Waals surface area contributed by atoms with Gasteiger partial charge in [0.15, 0.2) is 0 Å². The van der Waals surface area contributed by atoms with Crippen LogP contribution in [0.4, 0.5) is 0 Å². The first-order valence-corrected chi connectivity index (χ1v) is 19.8. The van der Waals surface area contributed by atoms with E-state index in [1.54, 1.807) is 5.57 Å². The summed E-state index contributed by atoms with van der Waals surface area (Å²) >= 11 is 0. The van der Waals surface area contributed by atoms with E-state index in [2.05, 4.69) is 51.3 Å². The zero-order valence-corrected chi connectivity index (χ0v) is 31.3. The SMILES string of the molecule is CC(C)CCC[C@@H](C)[C@H]1CCC2C3CC=C4C[C@@H](OCCCNC(=O)CCC(=O)[N][C@H](C=O)Cc5ccccc5)CC[C@]4(C)C3CC[C@@]21C. The average molecular weight is 674 g/mol. The summed E-state index contributed by atoms with van der Waals surface area (Å²) in [4.78, 5) is 36.0. The van der Waals surface area contributed by atoms with Crippen molar-refractivity contribution in [2.75, 3.05) is 13.2 Å². The fourth-order valence-corrected chi connectivity index (χ4v) is 10.9. The maximum atomic E-state index is 12.3. The summed E-state index contributed by atoms with van der Waals surface area (Å²) in [6.45, 7) is 13.7. The molecule has 2 amide bonds. The minimum atomic E-state index is -0.713. The fraction of sp³-hybridized carbons (Fsp3) is 0.744. The molecular formula is C43H65N2O4. The lowest BCUT2D eigenvalue weighted by molar-refractivity contribution is -0.127. The Hall–Kier alpha value is -2.47. The Labute approximate surface area is 297 Å². The normalized spacial score (nSPS) is 31.9. The summed E-state index contributed by atoms with van der Waals surface area (Å²) < 4.78 is 6.38. The maximum absolute atomic E-state index is 12.3. The molecule has 3 unspecified atom stereocenters. The Morgan fingerprint density at radius 3 is 2.53 bits per heavy atom. The highest BCUT2D eigenvalue weighted by Gasteiger charge is 2.59. The summed E-state index contributed by atoms with van der Waals surface area (Å²) in [6, 6.07) is 8.80. The average Bonchev–Trinajstić information content (AvgIpc) is 3.44.